The molecule has 1 unspecified atom stereocenters. The highest BCUT2D eigenvalue weighted by atomic mass is 35.5. The van der Waals surface area contributed by atoms with Crippen molar-refractivity contribution >= 4 is 28.8 Å². The van der Waals surface area contributed by atoms with Gasteiger partial charge in [-0.3, -0.25) is 9.59 Å². The number of nitrogens with zero attached hydrogens (tertiary/aromatic N) is 3. The third-order valence-electron chi connectivity index (χ3n) is 4.25. The van der Waals surface area contributed by atoms with Crippen LogP contribution in [-0.2, 0) is 0 Å². The molecule has 0 bridgehead atoms. The lowest BCUT2D eigenvalue weighted by molar-refractivity contribution is 0.0735. The predicted molar refractivity (Wildman–Crippen MR) is 104 cm³/mol. The maximum atomic E-state index is 12.9. The summed E-state index contributed by atoms with van der Waals surface area (Å²) in [5.41, 5.74) is 0.700. The van der Waals surface area contributed by atoms with E-state index in [1.54, 1.807) is 37.4 Å². The Morgan fingerprint density at radius 1 is 1.27 bits per heavy atom. The number of thiophene rings is 1. The molecule has 0 aliphatic rings. The highest BCUT2D eigenvalue weighted by molar-refractivity contribution is 7.10. The van der Waals surface area contributed by atoms with Crippen LogP contribution >= 0.6 is 22.9 Å². The van der Waals surface area contributed by atoms with Gasteiger partial charge in [-0.05, 0) is 37.4 Å². The third kappa shape index (κ3) is 3.43. The van der Waals surface area contributed by atoms with Gasteiger partial charge in [-0.2, -0.15) is 5.10 Å². The van der Waals surface area contributed by atoms with Crippen LogP contribution in [0.4, 0.5) is 0 Å². The number of aryl methyl sites for hydroxylation is 1. The van der Waals surface area contributed by atoms with Crippen molar-refractivity contribution in [2.75, 3.05) is 7.05 Å². The molecule has 134 valence electrons. The number of amides is 1. The highest BCUT2D eigenvalue weighted by Gasteiger charge is 2.24. The number of benzene rings is 1. The molecule has 0 N–H and O–H groups in total. The van der Waals surface area contributed by atoms with Gasteiger partial charge in [0.05, 0.1) is 16.8 Å². The lowest BCUT2D eigenvalue weighted by Crippen LogP contribution is -2.35. The Kier molecular flexibility index (Phi) is 5.25. The van der Waals surface area contributed by atoms with Gasteiger partial charge >= 0.3 is 0 Å². The lowest BCUT2D eigenvalue weighted by atomic mass is 10.2. The van der Waals surface area contributed by atoms with E-state index in [1.807, 2.05) is 36.6 Å². The fourth-order valence-corrected chi connectivity index (χ4v) is 3.67. The van der Waals surface area contributed by atoms with Crippen LogP contribution in [-0.4, -0.2) is 27.6 Å². The van der Waals surface area contributed by atoms with Gasteiger partial charge in [-0.15, -0.1) is 11.3 Å². The zero-order valence-electron chi connectivity index (χ0n) is 14.6. The lowest BCUT2D eigenvalue weighted by Gasteiger charge is -2.24. The Morgan fingerprint density at radius 3 is 2.65 bits per heavy atom. The molecule has 0 saturated heterocycles. The van der Waals surface area contributed by atoms with Crippen LogP contribution in [0.2, 0.25) is 5.02 Å². The Labute approximate surface area is 160 Å². The molecule has 0 fully saturated rings. The fourth-order valence-electron chi connectivity index (χ4n) is 2.63. The van der Waals surface area contributed by atoms with Crippen LogP contribution < -0.4 is 5.43 Å². The summed E-state index contributed by atoms with van der Waals surface area (Å²) in [7, 11) is 1.67. The second-order valence-corrected chi connectivity index (χ2v) is 7.36. The molecule has 0 aliphatic heterocycles. The molecule has 0 saturated carbocycles. The maximum Gasteiger partial charge on any atom is 0.278 e. The van der Waals surface area contributed by atoms with E-state index in [0.717, 1.165) is 4.88 Å². The topological polar surface area (TPSA) is 55.2 Å². The fraction of sp³-hybridized carbons (Fsp3) is 0.211. The Morgan fingerprint density at radius 2 is 2.00 bits per heavy atom. The Bertz CT molecular complexity index is 998. The maximum absolute atomic E-state index is 12.9. The van der Waals surface area contributed by atoms with Crippen LogP contribution in [0.15, 0.2) is 52.6 Å². The van der Waals surface area contributed by atoms with Crippen molar-refractivity contribution in [3.63, 3.8) is 0 Å². The van der Waals surface area contributed by atoms with E-state index in [2.05, 4.69) is 5.10 Å². The summed E-state index contributed by atoms with van der Waals surface area (Å²) in [6.07, 6.45) is 0. The molecule has 2 aromatic heterocycles. The molecule has 0 spiro atoms. The van der Waals surface area contributed by atoms with Gasteiger partial charge in [0.15, 0.2) is 5.69 Å². The summed E-state index contributed by atoms with van der Waals surface area (Å²) in [6, 6.07) is 12.3. The minimum Gasteiger partial charge on any atom is -0.333 e. The van der Waals surface area contributed by atoms with E-state index in [0.29, 0.717) is 16.4 Å². The normalized spacial score (nSPS) is 12.0. The van der Waals surface area contributed by atoms with E-state index in [9.17, 15) is 9.59 Å². The Hall–Kier alpha value is -2.44. The molecule has 7 heteroatoms. The van der Waals surface area contributed by atoms with Gasteiger partial charge in [0.25, 0.3) is 5.91 Å². The molecule has 3 rings (SSSR count). The summed E-state index contributed by atoms with van der Waals surface area (Å²) in [5, 5.41) is 6.77. The molecule has 3 aromatic rings. The summed E-state index contributed by atoms with van der Waals surface area (Å²) < 4.78 is 1.53. The van der Waals surface area contributed by atoms with Crippen molar-refractivity contribution in [1.82, 2.24) is 14.7 Å². The smallest absolute Gasteiger partial charge is 0.278 e. The molecule has 2 heterocycles. The molecule has 1 atom stereocenters. The third-order valence-corrected chi connectivity index (χ3v) is 5.61. The van der Waals surface area contributed by atoms with Crippen molar-refractivity contribution in [1.29, 1.82) is 0 Å². The second kappa shape index (κ2) is 7.43. The van der Waals surface area contributed by atoms with Gasteiger partial charge in [0.2, 0.25) is 5.43 Å². The van der Waals surface area contributed by atoms with Crippen LogP contribution in [0.5, 0.6) is 0 Å². The molecule has 1 amide bonds. The van der Waals surface area contributed by atoms with E-state index in [1.165, 1.54) is 15.6 Å². The number of carbonyl (C=O) groups excluding carboxylic acids is 1. The zero-order chi connectivity index (χ0) is 18.8. The molecule has 1 aromatic carbocycles. The standard InChI is InChI=1S/C19H18ClN3O2S/c1-12-11-16(24)18(21-23(12)15-8-5-4-7-14(15)20)19(25)22(3)13(2)17-9-6-10-26-17/h4-11,13H,1-3H3. The largest absolute Gasteiger partial charge is 0.333 e. The average Bonchev–Trinajstić information content (AvgIpc) is 3.15. The first kappa shape index (κ1) is 18.4. The minimum absolute atomic E-state index is 0.124. The Balaban J connectivity index is 2.02. The monoisotopic (exact) mass is 387 g/mol. The van der Waals surface area contributed by atoms with Crippen LogP contribution in [0.25, 0.3) is 5.69 Å². The van der Waals surface area contributed by atoms with E-state index in [4.69, 9.17) is 11.6 Å². The minimum atomic E-state index is -0.420. The van der Waals surface area contributed by atoms with Crippen LogP contribution in [0.3, 0.4) is 0 Å². The van der Waals surface area contributed by atoms with Gasteiger partial charge in [0.1, 0.15) is 0 Å². The number of halogens is 1. The molecule has 26 heavy (non-hydrogen) atoms. The van der Waals surface area contributed by atoms with E-state index < -0.39 is 11.3 Å². The molecule has 0 radical (unpaired) electrons. The van der Waals surface area contributed by atoms with Crippen molar-refractivity contribution < 1.29 is 4.79 Å². The van der Waals surface area contributed by atoms with Gasteiger partial charge < -0.3 is 4.90 Å². The summed E-state index contributed by atoms with van der Waals surface area (Å²) in [6.45, 7) is 3.68. The number of aromatic nitrogens is 2. The second-order valence-electron chi connectivity index (χ2n) is 5.97. The number of hydrogen-bond acceptors (Lipinski definition) is 4. The molecule has 0 aliphatic carbocycles. The number of carbonyl (C=O) groups is 1. The van der Waals surface area contributed by atoms with E-state index >= 15 is 0 Å². The van der Waals surface area contributed by atoms with Gasteiger partial charge in [-0.25, -0.2) is 4.68 Å². The van der Waals surface area contributed by atoms with Crippen molar-refractivity contribution in [2.24, 2.45) is 0 Å². The van der Waals surface area contributed by atoms with Crippen molar-refractivity contribution in [3.05, 3.63) is 79.4 Å². The summed E-state index contributed by atoms with van der Waals surface area (Å²) >= 11 is 7.82. The number of para-hydroxylation sites is 1. The number of hydrogen-bond donors (Lipinski definition) is 0. The predicted octanol–water partition coefficient (Wildman–Crippen LogP) is 4.09. The van der Waals surface area contributed by atoms with E-state index in [-0.39, 0.29) is 11.7 Å². The zero-order valence-corrected chi connectivity index (χ0v) is 16.2. The van der Waals surface area contributed by atoms with Gasteiger partial charge in [0, 0.05) is 23.7 Å². The molecule has 5 nitrogen and oxygen atoms in total. The molecular formula is C19H18ClN3O2S. The molecular weight excluding hydrogens is 370 g/mol. The van der Waals surface area contributed by atoms with Gasteiger partial charge in [-0.1, -0.05) is 29.8 Å². The number of rotatable bonds is 4. The quantitative estimate of drug-likeness (QED) is 0.677. The van der Waals surface area contributed by atoms with Crippen molar-refractivity contribution in [3.8, 4) is 5.69 Å². The summed E-state index contributed by atoms with van der Waals surface area (Å²) in [5.74, 6) is -0.420. The highest BCUT2D eigenvalue weighted by Crippen LogP contribution is 2.24. The first-order valence-electron chi connectivity index (χ1n) is 8.06. The first-order chi connectivity index (χ1) is 12.4. The SMILES string of the molecule is Cc1cc(=O)c(C(=O)N(C)C(C)c2cccs2)nn1-c1ccccc1Cl. The van der Waals surface area contributed by atoms with Crippen molar-refractivity contribution in [2.45, 2.75) is 19.9 Å². The summed E-state index contributed by atoms with van der Waals surface area (Å²) in [4.78, 5) is 27.9. The first-order valence-corrected chi connectivity index (χ1v) is 9.32. The average molecular weight is 388 g/mol. The van der Waals surface area contributed by atoms with Crippen LogP contribution in [0, 0.1) is 6.92 Å². The van der Waals surface area contributed by atoms with Crippen LogP contribution in [0.1, 0.15) is 34.0 Å².